The molecule has 2 rings (SSSR count). The Balaban J connectivity index is 2.32. The number of nitrogens with zero attached hydrogens (tertiary/aromatic N) is 1. The van der Waals surface area contributed by atoms with Gasteiger partial charge in [-0.15, -0.1) is 0 Å². The molecule has 2 aliphatic rings. The van der Waals surface area contributed by atoms with Gasteiger partial charge in [-0.3, -0.25) is 9.59 Å². The van der Waals surface area contributed by atoms with Crippen molar-refractivity contribution in [2.24, 2.45) is 5.41 Å². The topological polar surface area (TPSA) is 65.1 Å². The summed E-state index contributed by atoms with van der Waals surface area (Å²) in [6.07, 6.45) is -4.06. The van der Waals surface area contributed by atoms with E-state index in [9.17, 15) is 22.8 Å². The molecule has 1 saturated heterocycles. The van der Waals surface area contributed by atoms with Gasteiger partial charge in [-0.1, -0.05) is 6.92 Å². The minimum absolute atomic E-state index is 0.145. The van der Waals surface area contributed by atoms with E-state index >= 15 is 0 Å². The molecule has 1 amide bonds. The summed E-state index contributed by atoms with van der Waals surface area (Å²) < 4.78 is 56.3. The van der Waals surface area contributed by atoms with Crippen molar-refractivity contribution in [3.8, 4) is 0 Å². The second-order valence-corrected chi connectivity index (χ2v) is 8.48. The highest BCUT2D eigenvalue weighted by Gasteiger charge is 2.55. The molecule has 9 heteroatoms. The van der Waals surface area contributed by atoms with E-state index < -0.39 is 47.3 Å². The second-order valence-electron chi connectivity index (χ2n) is 8.48. The van der Waals surface area contributed by atoms with Crippen LogP contribution < -0.4 is 0 Å². The normalized spacial score (nSPS) is 31.5. The lowest BCUT2D eigenvalue weighted by molar-refractivity contribution is -0.198. The van der Waals surface area contributed by atoms with Crippen LogP contribution in [-0.4, -0.2) is 67.1 Å². The Morgan fingerprint density at radius 1 is 1.21 bits per heavy atom. The molecule has 28 heavy (non-hydrogen) atoms. The number of amides is 1. The molecule has 0 radical (unpaired) electrons. The van der Waals surface area contributed by atoms with Gasteiger partial charge in [-0.2, -0.15) is 13.2 Å². The number of methoxy groups -OCH3 is 1. The number of carbonyl (C=O) groups excluding carboxylic acids is 2. The summed E-state index contributed by atoms with van der Waals surface area (Å²) in [4.78, 5) is 24.8. The molecule has 6 nitrogen and oxygen atoms in total. The van der Waals surface area contributed by atoms with Crippen molar-refractivity contribution in [2.75, 3.05) is 20.3 Å². The number of esters is 1. The molecule has 1 aliphatic carbocycles. The fourth-order valence-electron chi connectivity index (χ4n) is 4.45. The Morgan fingerprint density at radius 2 is 1.86 bits per heavy atom. The van der Waals surface area contributed by atoms with E-state index in [4.69, 9.17) is 14.2 Å². The minimum Gasteiger partial charge on any atom is -0.459 e. The van der Waals surface area contributed by atoms with Gasteiger partial charge in [0.15, 0.2) is 0 Å². The van der Waals surface area contributed by atoms with Crippen molar-refractivity contribution in [1.29, 1.82) is 0 Å². The van der Waals surface area contributed by atoms with Crippen LogP contribution in [0.2, 0.25) is 0 Å². The monoisotopic (exact) mass is 409 g/mol. The van der Waals surface area contributed by atoms with E-state index in [0.29, 0.717) is 19.3 Å². The summed E-state index contributed by atoms with van der Waals surface area (Å²) in [7, 11) is 1.41. The van der Waals surface area contributed by atoms with Crippen LogP contribution in [0.25, 0.3) is 0 Å². The molecule has 0 unspecified atom stereocenters. The number of alkyl halides is 3. The van der Waals surface area contributed by atoms with E-state index in [1.165, 1.54) is 14.0 Å². The summed E-state index contributed by atoms with van der Waals surface area (Å²) in [5, 5.41) is 0. The van der Waals surface area contributed by atoms with E-state index in [2.05, 4.69) is 0 Å². The molecule has 0 N–H and O–H groups in total. The van der Waals surface area contributed by atoms with Crippen LogP contribution in [0.3, 0.4) is 0 Å². The lowest BCUT2D eigenvalue weighted by Crippen LogP contribution is -2.59. The molecule has 0 bridgehead atoms. The van der Waals surface area contributed by atoms with Crippen LogP contribution in [0.5, 0.6) is 0 Å². The summed E-state index contributed by atoms with van der Waals surface area (Å²) in [5.74, 6) is -2.29. The third kappa shape index (κ3) is 4.62. The van der Waals surface area contributed by atoms with E-state index in [1.807, 2.05) is 6.92 Å². The molecule has 1 saturated carbocycles. The Labute approximate surface area is 163 Å². The Kier molecular flexibility index (Phi) is 6.70. The first-order valence-electron chi connectivity index (χ1n) is 9.52. The fraction of sp³-hybridized carbons (Fsp3) is 0.895. The Hall–Kier alpha value is -1.35. The van der Waals surface area contributed by atoms with Gasteiger partial charge in [0, 0.05) is 32.1 Å². The predicted molar refractivity (Wildman–Crippen MR) is 94.5 cm³/mol. The molecule has 0 spiro atoms. The molecule has 1 heterocycles. The van der Waals surface area contributed by atoms with Crippen LogP contribution in [-0.2, 0) is 23.8 Å². The molecule has 0 aromatic rings. The maximum Gasteiger partial charge on any atom is 0.471 e. The van der Waals surface area contributed by atoms with Crippen LogP contribution in [0.15, 0.2) is 0 Å². The van der Waals surface area contributed by atoms with Crippen LogP contribution in [0.1, 0.15) is 53.4 Å². The van der Waals surface area contributed by atoms with E-state index in [-0.39, 0.29) is 19.6 Å². The molecular weight excluding hydrogens is 379 g/mol. The summed E-state index contributed by atoms with van der Waals surface area (Å²) in [6.45, 7) is 7.14. The van der Waals surface area contributed by atoms with Gasteiger partial charge in [-0.25, -0.2) is 0 Å². The standard InChI is InChI=1S/C19H30F3NO5/c1-12(24)28-17(2,3)18(4)8-6-13(10-18)23(16(25)19(20,21)22)14-7-9-27-11-15(14)26-5/h13-15H,6-11H2,1-5H3/t13-,14+,15-,18-/m1/s1. The lowest BCUT2D eigenvalue weighted by Gasteiger charge is -2.44. The molecule has 1 aliphatic heterocycles. The zero-order valence-corrected chi connectivity index (χ0v) is 17.1. The SMILES string of the molecule is CO[C@@H]1COCC[C@@H]1N(C(=O)C(F)(F)F)[C@@H]1CC[C@@](C)(C(C)(C)OC(C)=O)C1. The van der Waals surface area contributed by atoms with Crippen molar-refractivity contribution in [3.05, 3.63) is 0 Å². The number of halogens is 3. The first-order chi connectivity index (χ1) is 12.8. The van der Waals surface area contributed by atoms with Crippen LogP contribution in [0, 0.1) is 5.41 Å². The van der Waals surface area contributed by atoms with Gasteiger partial charge < -0.3 is 19.1 Å². The maximum atomic E-state index is 13.4. The van der Waals surface area contributed by atoms with Gasteiger partial charge in [0.25, 0.3) is 0 Å². The van der Waals surface area contributed by atoms with Crippen molar-refractivity contribution < 1.29 is 37.0 Å². The van der Waals surface area contributed by atoms with Crippen molar-refractivity contribution in [3.63, 3.8) is 0 Å². The number of ether oxygens (including phenoxy) is 3. The Morgan fingerprint density at radius 3 is 2.39 bits per heavy atom. The average Bonchev–Trinajstić information content (AvgIpc) is 2.97. The zero-order chi connectivity index (χ0) is 21.3. The predicted octanol–water partition coefficient (Wildman–Crippen LogP) is 3.08. The van der Waals surface area contributed by atoms with Gasteiger partial charge in [0.05, 0.1) is 12.6 Å². The number of carbonyl (C=O) groups is 2. The lowest BCUT2D eigenvalue weighted by atomic mass is 9.73. The quantitative estimate of drug-likeness (QED) is 0.653. The number of hydrogen-bond acceptors (Lipinski definition) is 5. The first-order valence-corrected chi connectivity index (χ1v) is 9.52. The third-order valence-electron chi connectivity index (χ3n) is 6.37. The highest BCUT2D eigenvalue weighted by atomic mass is 19.4. The maximum absolute atomic E-state index is 13.4. The second kappa shape index (κ2) is 8.18. The number of rotatable bonds is 5. The highest BCUT2D eigenvalue weighted by molar-refractivity contribution is 5.82. The fourth-order valence-corrected chi connectivity index (χ4v) is 4.45. The van der Waals surface area contributed by atoms with Gasteiger partial charge >= 0.3 is 18.1 Å². The van der Waals surface area contributed by atoms with Gasteiger partial charge in [0.1, 0.15) is 11.7 Å². The molecular formula is C19H30F3NO5. The summed E-state index contributed by atoms with van der Waals surface area (Å²) in [5.41, 5.74) is -1.42. The average molecular weight is 409 g/mol. The molecule has 4 atom stereocenters. The third-order valence-corrected chi connectivity index (χ3v) is 6.37. The molecule has 162 valence electrons. The summed E-state index contributed by atoms with van der Waals surface area (Å²) >= 11 is 0. The highest BCUT2D eigenvalue weighted by Crippen LogP contribution is 2.50. The zero-order valence-electron chi connectivity index (χ0n) is 17.1. The van der Waals surface area contributed by atoms with Gasteiger partial charge in [-0.05, 0) is 39.5 Å². The van der Waals surface area contributed by atoms with E-state index in [1.54, 1.807) is 13.8 Å². The van der Waals surface area contributed by atoms with Crippen molar-refractivity contribution in [1.82, 2.24) is 4.90 Å². The summed E-state index contributed by atoms with van der Waals surface area (Å²) in [6, 6.07) is -1.33. The largest absolute Gasteiger partial charge is 0.471 e. The van der Waals surface area contributed by atoms with Crippen molar-refractivity contribution in [2.45, 2.75) is 83.3 Å². The number of hydrogen-bond donors (Lipinski definition) is 0. The van der Waals surface area contributed by atoms with E-state index in [0.717, 1.165) is 4.90 Å². The van der Waals surface area contributed by atoms with Gasteiger partial charge in [0.2, 0.25) is 0 Å². The molecule has 0 aromatic heterocycles. The minimum atomic E-state index is -4.97. The molecule has 2 fully saturated rings. The molecule has 0 aromatic carbocycles. The Bertz CT molecular complexity index is 595. The first kappa shape index (κ1) is 22.9. The van der Waals surface area contributed by atoms with Crippen molar-refractivity contribution >= 4 is 11.9 Å². The smallest absolute Gasteiger partial charge is 0.459 e. The van der Waals surface area contributed by atoms with Crippen LogP contribution >= 0.6 is 0 Å². The van der Waals surface area contributed by atoms with Crippen LogP contribution in [0.4, 0.5) is 13.2 Å².